The molecule has 1 N–H and O–H groups in total. The zero-order valence-corrected chi connectivity index (χ0v) is 17.6. The minimum Gasteiger partial charge on any atom is -0.491 e. The molecule has 1 saturated heterocycles. The van der Waals surface area contributed by atoms with Gasteiger partial charge in [-0.05, 0) is 61.4 Å². The Kier molecular flexibility index (Phi) is 7.68. The molecule has 0 bridgehead atoms. The Bertz CT molecular complexity index is 786. The molecule has 0 atom stereocenters. The third kappa shape index (κ3) is 6.49. The van der Waals surface area contributed by atoms with Crippen LogP contribution in [0.5, 0.6) is 11.5 Å². The van der Waals surface area contributed by atoms with Crippen molar-refractivity contribution in [1.29, 1.82) is 0 Å². The molecule has 1 amide bonds. The normalized spacial score (nSPS) is 14.5. The number of carbonyl (C=O) groups excluding carboxylic acids is 1. The van der Waals surface area contributed by atoms with Crippen molar-refractivity contribution >= 4 is 35.6 Å². The van der Waals surface area contributed by atoms with Crippen LogP contribution in [0.4, 0.5) is 0 Å². The van der Waals surface area contributed by atoms with Crippen LogP contribution in [0.15, 0.2) is 53.6 Å². The number of rotatable bonds is 8. The highest BCUT2D eigenvalue weighted by Gasteiger charge is 2.17. The summed E-state index contributed by atoms with van der Waals surface area (Å²) in [5.74, 6) is 3.58. The first-order valence-corrected chi connectivity index (χ1v) is 11.2. The fourth-order valence-electron chi connectivity index (χ4n) is 2.54. The lowest BCUT2D eigenvalue weighted by Gasteiger charge is -2.10. The van der Waals surface area contributed by atoms with E-state index < -0.39 is 0 Å². The van der Waals surface area contributed by atoms with E-state index in [2.05, 4.69) is 22.7 Å². The van der Waals surface area contributed by atoms with Gasteiger partial charge >= 0.3 is 0 Å². The van der Waals surface area contributed by atoms with Crippen molar-refractivity contribution in [2.45, 2.75) is 24.5 Å². The second kappa shape index (κ2) is 10.4. The Morgan fingerprint density at radius 3 is 2.39 bits per heavy atom. The number of thioether (sulfide) groups is 2. The predicted octanol–water partition coefficient (Wildman–Crippen LogP) is 4.48. The van der Waals surface area contributed by atoms with Crippen molar-refractivity contribution in [3.63, 3.8) is 0 Å². The van der Waals surface area contributed by atoms with Gasteiger partial charge in [-0.1, -0.05) is 12.1 Å². The van der Waals surface area contributed by atoms with Gasteiger partial charge < -0.3 is 9.47 Å². The van der Waals surface area contributed by atoms with E-state index in [0.717, 1.165) is 11.3 Å². The highest BCUT2D eigenvalue weighted by atomic mass is 32.2. The molecule has 3 rings (SSSR count). The van der Waals surface area contributed by atoms with E-state index in [1.54, 1.807) is 6.21 Å². The molecule has 0 radical (unpaired) electrons. The zero-order chi connectivity index (χ0) is 19.8. The van der Waals surface area contributed by atoms with Crippen molar-refractivity contribution < 1.29 is 14.3 Å². The molecule has 0 aromatic heterocycles. The molecule has 2 aromatic rings. The maximum atomic E-state index is 11.9. The number of hydrazone groups is 1. The van der Waals surface area contributed by atoms with Crippen molar-refractivity contribution in [3.8, 4) is 11.5 Å². The standard InChI is InChI=1S/C21H24N2O3S2/c1-15(2)26-19-7-3-16(4-8-19)13-22-23-20(24)14-25-18-9-5-17(6-10-18)21-27-11-12-28-21/h3-10,13,15,21H,11-12,14H2,1-2H3,(H,23,24)/b22-13-. The van der Waals surface area contributed by atoms with Crippen molar-refractivity contribution in [1.82, 2.24) is 5.43 Å². The number of nitrogens with one attached hydrogen (secondary N) is 1. The van der Waals surface area contributed by atoms with E-state index in [0.29, 0.717) is 10.3 Å². The SMILES string of the molecule is CC(C)Oc1ccc(/C=N\NC(=O)COc2ccc(C3SCCS3)cc2)cc1. The highest BCUT2D eigenvalue weighted by molar-refractivity contribution is 8.19. The molecule has 0 unspecified atom stereocenters. The minimum absolute atomic E-state index is 0.0786. The smallest absolute Gasteiger partial charge is 0.277 e. The molecular weight excluding hydrogens is 392 g/mol. The van der Waals surface area contributed by atoms with Crippen LogP contribution >= 0.6 is 23.5 Å². The lowest BCUT2D eigenvalue weighted by atomic mass is 10.2. The van der Waals surface area contributed by atoms with Crippen molar-refractivity contribution in [3.05, 3.63) is 59.7 Å². The fourth-order valence-corrected chi connectivity index (χ4v) is 5.40. The van der Waals surface area contributed by atoms with E-state index >= 15 is 0 Å². The lowest BCUT2D eigenvalue weighted by Crippen LogP contribution is -2.24. The fraction of sp³-hybridized carbons (Fsp3) is 0.333. The van der Waals surface area contributed by atoms with Gasteiger partial charge in [-0.15, -0.1) is 23.5 Å². The summed E-state index contributed by atoms with van der Waals surface area (Å²) in [6, 6.07) is 15.5. The number of benzene rings is 2. The van der Waals surface area contributed by atoms with Gasteiger partial charge in [-0.2, -0.15) is 5.10 Å². The molecule has 1 aliphatic rings. The van der Waals surface area contributed by atoms with Gasteiger partial charge in [-0.3, -0.25) is 4.79 Å². The van der Waals surface area contributed by atoms with Gasteiger partial charge in [0.15, 0.2) is 6.61 Å². The number of nitrogens with zero attached hydrogens (tertiary/aromatic N) is 1. The van der Waals surface area contributed by atoms with E-state index in [-0.39, 0.29) is 18.6 Å². The minimum atomic E-state index is -0.304. The molecule has 0 spiro atoms. The molecule has 5 nitrogen and oxygen atoms in total. The molecule has 148 valence electrons. The average molecular weight is 417 g/mol. The molecule has 2 aromatic carbocycles. The van der Waals surface area contributed by atoms with E-state index in [1.807, 2.05) is 73.8 Å². The topological polar surface area (TPSA) is 59.9 Å². The van der Waals surface area contributed by atoms with Crippen molar-refractivity contribution in [2.24, 2.45) is 5.10 Å². The molecule has 1 aliphatic heterocycles. The molecule has 7 heteroatoms. The Morgan fingerprint density at radius 1 is 1.11 bits per heavy atom. The summed E-state index contributed by atoms with van der Waals surface area (Å²) in [7, 11) is 0. The number of hydrogen-bond donors (Lipinski definition) is 1. The second-order valence-corrected chi connectivity index (χ2v) is 9.18. The van der Waals surface area contributed by atoms with Gasteiger partial charge in [0.2, 0.25) is 0 Å². The van der Waals surface area contributed by atoms with Crippen molar-refractivity contribution in [2.75, 3.05) is 18.1 Å². The Labute approximate surface area is 174 Å². The van der Waals surface area contributed by atoms with Crippen LogP contribution < -0.4 is 14.9 Å². The van der Waals surface area contributed by atoms with Crippen LogP contribution in [0.3, 0.4) is 0 Å². The van der Waals surface area contributed by atoms with Gasteiger partial charge in [0, 0.05) is 11.5 Å². The largest absolute Gasteiger partial charge is 0.491 e. The molecule has 1 fully saturated rings. The first-order chi connectivity index (χ1) is 13.6. The number of carbonyl (C=O) groups is 1. The van der Waals surface area contributed by atoms with Crippen LogP contribution in [-0.4, -0.2) is 36.3 Å². The molecule has 0 saturated carbocycles. The molecule has 1 heterocycles. The summed E-state index contributed by atoms with van der Waals surface area (Å²) in [6.45, 7) is 3.88. The Balaban J connectivity index is 1.41. The van der Waals surface area contributed by atoms with Crippen LogP contribution in [0.1, 0.15) is 29.6 Å². The Hall–Kier alpha value is -2.12. The van der Waals surface area contributed by atoms with Gasteiger partial charge in [-0.25, -0.2) is 5.43 Å². The van der Waals surface area contributed by atoms with E-state index in [1.165, 1.54) is 17.1 Å². The summed E-state index contributed by atoms with van der Waals surface area (Å²) in [6.07, 6.45) is 1.72. The Morgan fingerprint density at radius 2 is 1.75 bits per heavy atom. The van der Waals surface area contributed by atoms with E-state index in [4.69, 9.17) is 9.47 Å². The maximum Gasteiger partial charge on any atom is 0.277 e. The van der Waals surface area contributed by atoms with Crippen LogP contribution in [0.25, 0.3) is 0 Å². The quantitative estimate of drug-likeness (QED) is 0.508. The summed E-state index contributed by atoms with van der Waals surface area (Å²) in [5.41, 5.74) is 4.63. The average Bonchev–Trinajstić information content (AvgIpc) is 3.22. The second-order valence-electron chi connectivity index (χ2n) is 6.46. The zero-order valence-electron chi connectivity index (χ0n) is 16.0. The number of amides is 1. The molecule has 0 aliphatic carbocycles. The third-order valence-electron chi connectivity index (χ3n) is 3.80. The summed E-state index contributed by atoms with van der Waals surface area (Å²) >= 11 is 3.93. The summed E-state index contributed by atoms with van der Waals surface area (Å²) < 4.78 is 11.6. The van der Waals surface area contributed by atoms with E-state index in [9.17, 15) is 4.79 Å². The number of hydrogen-bond acceptors (Lipinski definition) is 6. The summed E-state index contributed by atoms with van der Waals surface area (Å²) in [5, 5.41) is 3.96. The highest BCUT2D eigenvalue weighted by Crippen LogP contribution is 2.45. The molecule has 28 heavy (non-hydrogen) atoms. The van der Waals surface area contributed by atoms with Crippen LogP contribution in [-0.2, 0) is 4.79 Å². The first kappa shape index (κ1) is 20.6. The first-order valence-electron chi connectivity index (χ1n) is 9.15. The van der Waals surface area contributed by atoms with Gasteiger partial charge in [0.05, 0.1) is 16.9 Å². The third-order valence-corrected chi connectivity index (χ3v) is 6.90. The van der Waals surface area contributed by atoms with Gasteiger partial charge in [0.1, 0.15) is 11.5 Å². The summed E-state index contributed by atoms with van der Waals surface area (Å²) in [4.78, 5) is 11.9. The lowest BCUT2D eigenvalue weighted by molar-refractivity contribution is -0.123. The maximum absolute atomic E-state index is 11.9. The predicted molar refractivity (Wildman–Crippen MR) is 118 cm³/mol. The van der Waals surface area contributed by atoms with Gasteiger partial charge in [0.25, 0.3) is 5.91 Å². The monoisotopic (exact) mass is 416 g/mol. The molecular formula is C21H24N2O3S2. The van der Waals surface area contributed by atoms with Crippen LogP contribution in [0, 0.1) is 0 Å². The van der Waals surface area contributed by atoms with Crippen LogP contribution in [0.2, 0.25) is 0 Å². The number of ether oxygens (including phenoxy) is 2.